The Morgan fingerprint density at radius 3 is 2.17 bits per heavy atom. The van der Waals surface area contributed by atoms with Crippen LogP contribution in [-0.2, 0) is 4.79 Å². The lowest BCUT2D eigenvalue weighted by atomic mass is 9.82. The van der Waals surface area contributed by atoms with E-state index < -0.39 is 0 Å². The van der Waals surface area contributed by atoms with Gasteiger partial charge < -0.3 is 10.6 Å². The van der Waals surface area contributed by atoms with Gasteiger partial charge in [0.05, 0.1) is 0 Å². The smallest absolute Gasteiger partial charge is 0.251 e. The molecule has 0 bridgehead atoms. The van der Waals surface area contributed by atoms with E-state index in [2.05, 4.69) is 31.4 Å². The molecule has 1 aromatic carbocycles. The van der Waals surface area contributed by atoms with Gasteiger partial charge in [-0.25, -0.2) is 0 Å². The van der Waals surface area contributed by atoms with Crippen molar-refractivity contribution >= 4 is 23.4 Å². The third-order valence-electron chi connectivity index (χ3n) is 3.42. The van der Waals surface area contributed by atoms with Crippen molar-refractivity contribution in [2.75, 3.05) is 6.54 Å². The van der Waals surface area contributed by atoms with Crippen LogP contribution in [0.2, 0.25) is 5.02 Å². The first-order valence-corrected chi connectivity index (χ1v) is 8.71. The van der Waals surface area contributed by atoms with E-state index in [1.807, 2.05) is 13.8 Å². The standard InChI is InChI=1S/C19H29ClN2O2/c1-18(2,3)13-19(4,5)22-16(23)7-6-12-21-17(24)14-8-10-15(20)11-9-14/h8-11H,6-7,12-13H2,1-5H3,(H,21,24)(H,22,23). The monoisotopic (exact) mass is 352 g/mol. The molecular formula is C19H29ClN2O2. The van der Waals surface area contributed by atoms with Gasteiger partial charge in [0.25, 0.3) is 5.91 Å². The van der Waals surface area contributed by atoms with Gasteiger partial charge in [-0.3, -0.25) is 9.59 Å². The number of hydrogen-bond donors (Lipinski definition) is 2. The number of hydrogen-bond acceptors (Lipinski definition) is 2. The van der Waals surface area contributed by atoms with E-state index in [0.29, 0.717) is 30.0 Å². The minimum absolute atomic E-state index is 0.0185. The highest BCUT2D eigenvalue weighted by Gasteiger charge is 2.26. The lowest BCUT2D eigenvalue weighted by Crippen LogP contribution is -2.45. The molecule has 1 aromatic rings. The lowest BCUT2D eigenvalue weighted by molar-refractivity contribution is -0.123. The Hall–Kier alpha value is -1.55. The molecule has 134 valence electrons. The van der Waals surface area contributed by atoms with E-state index in [-0.39, 0.29) is 22.8 Å². The predicted molar refractivity (Wildman–Crippen MR) is 99.3 cm³/mol. The van der Waals surface area contributed by atoms with E-state index in [1.54, 1.807) is 24.3 Å². The summed E-state index contributed by atoms with van der Waals surface area (Å²) in [6.45, 7) is 11.0. The summed E-state index contributed by atoms with van der Waals surface area (Å²) in [5.41, 5.74) is 0.487. The average molecular weight is 353 g/mol. The van der Waals surface area contributed by atoms with Crippen LogP contribution in [0.25, 0.3) is 0 Å². The quantitative estimate of drug-likeness (QED) is 0.723. The first kappa shape index (κ1) is 20.5. The molecule has 4 nitrogen and oxygen atoms in total. The number of rotatable bonds is 7. The summed E-state index contributed by atoms with van der Waals surface area (Å²) in [5.74, 6) is -0.134. The van der Waals surface area contributed by atoms with Crippen molar-refractivity contribution in [2.24, 2.45) is 5.41 Å². The first-order valence-electron chi connectivity index (χ1n) is 8.33. The zero-order valence-corrected chi connectivity index (χ0v) is 16.1. The molecule has 0 spiro atoms. The van der Waals surface area contributed by atoms with Gasteiger partial charge >= 0.3 is 0 Å². The van der Waals surface area contributed by atoms with Gasteiger partial charge in [0.15, 0.2) is 0 Å². The summed E-state index contributed by atoms with van der Waals surface area (Å²) < 4.78 is 0. The van der Waals surface area contributed by atoms with Crippen LogP contribution in [0.3, 0.4) is 0 Å². The lowest BCUT2D eigenvalue weighted by Gasteiger charge is -2.33. The molecule has 0 unspecified atom stereocenters. The zero-order chi connectivity index (χ0) is 18.4. The van der Waals surface area contributed by atoms with E-state index >= 15 is 0 Å². The summed E-state index contributed by atoms with van der Waals surface area (Å²) in [7, 11) is 0. The Balaban J connectivity index is 2.30. The maximum Gasteiger partial charge on any atom is 0.251 e. The normalized spacial score (nSPS) is 11.9. The molecular weight excluding hydrogens is 324 g/mol. The van der Waals surface area contributed by atoms with E-state index in [9.17, 15) is 9.59 Å². The molecule has 0 fully saturated rings. The predicted octanol–water partition coefficient (Wildman–Crippen LogP) is 4.18. The van der Waals surface area contributed by atoms with Crippen LogP contribution in [-0.4, -0.2) is 23.9 Å². The van der Waals surface area contributed by atoms with Crippen LogP contribution >= 0.6 is 11.6 Å². The number of nitrogens with one attached hydrogen (secondary N) is 2. The summed E-state index contributed by atoms with van der Waals surface area (Å²) in [4.78, 5) is 24.0. The summed E-state index contributed by atoms with van der Waals surface area (Å²) >= 11 is 5.79. The summed E-state index contributed by atoms with van der Waals surface area (Å²) in [6.07, 6.45) is 1.91. The van der Waals surface area contributed by atoms with Crippen LogP contribution in [0.15, 0.2) is 24.3 Å². The van der Waals surface area contributed by atoms with Crippen LogP contribution < -0.4 is 10.6 Å². The second-order valence-electron chi connectivity index (χ2n) is 8.04. The SMILES string of the molecule is CC(C)(C)CC(C)(C)NC(=O)CCCNC(=O)c1ccc(Cl)cc1. The van der Waals surface area contributed by atoms with Crippen molar-refractivity contribution in [1.29, 1.82) is 0 Å². The third-order valence-corrected chi connectivity index (χ3v) is 3.67. The first-order chi connectivity index (χ1) is 11.0. The number of carbonyl (C=O) groups is 2. The maximum atomic E-state index is 12.1. The minimum atomic E-state index is -0.234. The molecule has 1 rings (SSSR count). The molecule has 5 heteroatoms. The molecule has 0 aliphatic rings. The van der Waals surface area contributed by atoms with E-state index in [1.165, 1.54) is 0 Å². The van der Waals surface area contributed by atoms with Gasteiger partial charge in [-0.05, 0) is 56.4 Å². The fourth-order valence-corrected chi connectivity index (χ4v) is 3.09. The van der Waals surface area contributed by atoms with Crippen LogP contribution in [0, 0.1) is 5.41 Å². The third kappa shape index (κ3) is 8.34. The molecule has 24 heavy (non-hydrogen) atoms. The van der Waals surface area contributed by atoms with Crippen molar-refractivity contribution < 1.29 is 9.59 Å². The molecule has 0 aromatic heterocycles. The molecule has 2 amide bonds. The highest BCUT2D eigenvalue weighted by molar-refractivity contribution is 6.30. The second-order valence-corrected chi connectivity index (χ2v) is 8.47. The molecule has 0 atom stereocenters. The summed E-state index contributed by atoms with van der Waals surface area (Å²) in [6, 6.07) is 6.72. The Labute approximate surface area is 150 Å². The van der Waals surface area contributed by atoms with Crippen LogP contribution in [0.5, 0.6) is 0 Å². The van der Waals surface area contributed by atoms with Gasteiger partial charge in [0.2, 0.25) is 5.91 Å². The number of amides is 2. The van der Waals surface area contributed by atoms with Crippen molar-refractivity contribution in [1.82, 2.24) is 10.6 Å². The fraction of sp³-hybridized carbons (Fsp3) is 0.579. The van der Waals surface area contributed by atoms with Crippen molar-refractivity contribution in [2.45, 2.75) is 59.4 Å². The second kappa shape index (κ2) is 8.52. The fourth-order valence-electron chi connectivity index (χ4n) is 2.96. The van der Waals surface area contributed by atoms with Gasteiger partial charge in [0.1, 0.15) is 0 Å². The Bertz CT molecular complexity index is 560. The highest BCUT2D eigenvalue weighted by atomic mass is 35.5. The minimum Gasteiger partial charge on any atom is -0.352 e. The van der Waals surface area contributed by atoms with Crippen molar-refractivity contribution in [3.63, 3.8) is 0 Å². The Morgan fingerprint density at radius 2 is 1.62 bits per heavy atom. The van der Waals surface area contributed by atoms with Crippen molar-refractivity contribution in [3.05, 3.63) is 34.9 Å². The molecule has 0 saturated carbocycles. The molecule has 2 N–H and O–H groups in total. The van der Waals surface area contributed by atoms with E-state index in [4.69, 9.17) is 11.6 Å². The molecule has 0 aliphatic heterocycles. The van der Waals surface area contributed by atoms with Gasteiger partial charge in [-0.1, -0.05) is 32.4 Å². The Morgan fingerprint density at radius 1 is 1.04 bits per heavy atom. The zero-order valence-electron chi connectivity index (χ0n) is 15.3. The van der Waals surface area contributed by atoms with Crippen molar-refractivity contribution in [3.8, 4) is 0 Å². The summed E-state index contributed by atoms with van der Waals surface area (Å²) in [5, 5.41) is 6.48. The number of halogens is 1. The number of carbonyl (C=O) groups excluding carboxylic acids is 2. The average Bonchev–Trinajstić information content (AvgIpc) is 2.40. The van der Waals surface area contributed by atoms with E-state index in [0.717, 1.165) is 6.42 Å². The molecule has 0 aliphatic carbocycles. The molecule has 0 radical (unpaired) electrons. The maximum absolute atomic E-state index is 12.1. The highest BCUT2D eigenvalue weighted by Crippen LogP contribution is 2.26. The topological polar surface area (TPSA) is 58.2 Å². The van der Waals surface area contributed by atoms with Crippen LogP contribution in [0.4, 0.5) is 0 Å². The van der Waals surface area contributed by atoms with Gasteiger partial charge in [-0.2, -0.15) is 0 Å². The molecule has 0 saturated heterocycles. The van der Waals surface area contributed by atoms with Crippen LogP contribution in [0.1, 0.15) is 64.2 Å². The number of benzene rings is 1. The Kier molecular flexibility index (Phi) is 7.27. The van der Waals surface area contributed by atoms with Gasteiger partial charge in [0, 0.05) is 29.1 Å². The largest absolute Gasteiger partial charge is 0.352 e. The molecule has 0 heterocycles. The van der Waals surface area contributed by atoms with Gasteiger partial charge in [-0.15, -0.1) is 0 Å².